The number of hydrogen-bond donors (Lipinski definition) is 1. The number of benzene rings is 1. The molecule has 0 fully saturated rings. The third-order valence-corrected chi connectivity index (χ3v) is 4.79. The number of allylic oxidation sites excluding steroid dienone is 3. The maximum atomic E-state index is 13.9. The highest BCUT2D eigenvalue weighted by Crippen LogP contribution is 2.42. The highest BCUT2D eigenvalue weighted by atomic mass is 19.2. The van der Waals surface area contributed by atoms with Crippen molar-refractivity contribution in [2.75, 3.05) is 20.3 Å². The fraction of sp³-hybridized carbons (Fsp3) is 0.400. The average molecular weight is 377 g/mol. The van der Waals surface area contributed by atoms with Gasteiger partial charge in [-0.3, -0.25) is 4.79 Å². The van der Waals surface area contributed by atoms with Gasteiger partial charge in [-0.2, -0.15) is 0 Å². The molecule has 2 aliphatic rings. The van der Waals surface area contributed by atoms with Crippen molar-refractivity contribution < 1.29 is 27.8 Å². The lowest BCUT2D eigenvalue weighted by Gasteiger charge is -2.34. The number of ether oxygens (including phenoxy) is 2. The van der Waals surface area contributed by atoms with E-state index < -0.39 is 23.5 Å². The lowest BCUT2D eigenvalue weighted by atomic mass is 9.75. The molecular weight excluding hydrogens is 356 g/mol. The smallest absolute Gasteiger partial charge is 0.336 e. The normalized spacial score (nSPS) is 19.7. The second kappa shape index (κ2) is 8.00. The van der Waals surface area contributed by atoms with Crippen molar-refractivity contribution in [3.8, 4) is 0 Å². The molecule has 0 saturated heterocycles. The Hall–Kier alpha value is -2.54. The topological polar surface area (TPSA) is 64.6 Å². The van der Waals surface area contributed by atoms with E-state index in [2.05, 4.69) is 5.32 Å². The first-order valence-electron chi connectivity index (χ1n) is 8.79. The summed E-state index contributed by atoms with van der Waals surface area (Å²) in [4.78, 5) is 25.4. The third kappa shape index (κ3) is 3.78. The van der Waals surface area contributed by atoms with E-state index in [1.807, 2.05) is 0 Å². The Morgan fingerprint density at radius 3 is 2.70 bits per heavy atom. The maximum absolute atomic E-state index is 13.9. The first-order chi connectivity index (χ1) is 12.9. The summed E-state index contributed by atoms with van der Waals surface area (Å²) in [6.45, 7) is 1.99. The molecule has 1 aromatic rings. The van der Waals surface area contributed by atoms with Gasteiger partial charge in [-0.05, 0) is 37.5 Å². The van der Waals surface area contributed by atoms with Crippen LogP contribution >= 0.6 is 0 Å². The number of ketones is 1. The van der Waals surface area contributed by atoms with Crippen LogP contribution in [0.3, 0.4) is 0 Å². The molecule has 1 aliphatic heterocycles. The Labute approximate surface area is 156 Å². The van der Waals surface area contributed by atoms with E-state index in [4.69, 9.17) is 9.47 Å². The van der Waals surface area contributed by atoms with Gasteiger partial charge in [0.1, 0.15) is 6.61 Å². The summed E-state index contributed by atoms with van der Waals surface area (Å²) in [5.41, 5.74) is 2.27. The van der Waals surface area contributed by atoms with Crippen molar-refractivity contribution in [2.45, 2.75) is 32.1 Å². The van der Waals surface area contributed by atoms with Crippen molar-refractivity contribution in [3.63, 3.8) is 0 Å². The Kier molecular flexibility index (Phi) is 5.70. The maximum Gasteiger partial charge on any atom is 0.336 e. The summed E-state index contributed by atoms with van der Waals surface area (Å²) in [6, 6.07) is 3.44. The second-order valence-electron chi connectivity index (χ2n) is 6.57. The molecule has 1 N–H and O–H groups in total. The van der Waals surface area contributed by atoms with Crippen LogP contribution in [-0.4, -0.2) is 32.1 Å². The van der Waals surface area contributed by atoms with Crippen LogP contribution in [0.25, 0.3) is 0 Å². The molecule has 0 saturated carbocycles. The van der Waals surface area contributed by atoms with Crippen LogP contribution in [0.4, 0.5) is 8.78 Å². The molecule has 1 atom stereocenters. The standard InChI is InChI=1S/C20H21F2NO4/c1-11-17(20(25)27-9-8-26-2)18(12-6-7-13(21)14(22)10-12)19-15(23-11)4-3-5-16(19)24/h6-7,10,18,23H,3-5,8-9H2,1-2H3/t18-/m0/s1. The molecule has 1 aromatic carbocycles. The SMILES string of the molecule is COCCOC(=O)C1=C(C)NC2=C(C(=O)CCC2)[C@H]1c1ccc(F)c(F)c1. The van der Waals surface area contributed by atoms with E-state index in [1.165, 1.54) is 13.2 Å². The Bertz CT molecular complexity index is 844. The van der Waals surface area contributed by atoms with E-state index >= 15 is 0 Å². The van der Waals surface area contributed by atoms with E-state index in [1.54, 1.807) is 6.92 Å². The highest BCUT2D eigenvalue weighted by molar-refractivity contribution is 6.03. The molecule has 0 amide bonds. The minimum atomic E-state index is -1.03. The molecule has 0 spiro atoms. The van der Waals surface area contributed by atoms with Gasteiger partial charge in [0.2, 0.25) is 0 Å². The molecule has 0 bridgehead atoms. The van der Waals surface area contributed by atoms with Crippen molar-refractivity contribution in [3.05, 3.63) is 57.9 Å². The predicted octanol–water partition coefficient (Wildman–Crippen LogP) is 3.12. The Morgan fingerprint density at radius 1 is 1.22 bits per heavy atom. The number of rotatable bonds is 5. The number of Topliss-reactive ketones (excluding diaryl/α,β-unsaturated/α-hetero) is 1. The molecule has 7 heteroatoms. The van der Waals surface area contributed by atoms with E-state index in [9.17, 15) is 18.4 Å². The zero-order valence-corrected chi connectivity index (χ0v) is 15.2. The van der Waals surface area contributed by atoms with Gasteiger partial charge in [0.15, 0.2) is 17.4 Å². The van der Waals surface area contributed by atoms with Gasteiger partial charge in [-0.15, -0.1) is 0 Å². The van der Waals surface area contributed by atoms with Crippen LogP contribution in [-0.2, 0) is 19.1 Å². The van der Waals surface area contributed by atoms with Crippen molar-refractivity contribution in [1.29, 1.82) is 0 Å². The summed E-state index contributed by atoms with van der Waals surface area (Å²) in [5.74, 6) is -3.52. The molecule has 27 heavy (non-hydrogen) atoms. The molecule has 1 heterocycles. The Balaban J connectivity index is 2.08. The molecular formula is C20H21F2NO4. The molecule has 3 rings (SSSR count). The molecule has 0 radical (unpaired) electrons. The van der Waals surface area contributed by atoms with E-state index in [-0.39, 0.29) is 24.6 Å². The highest BCUT2D eigenvalue weighted by Gasteiger charge is 2.39. The van der Waals surface area contributed by atoms with Gasteiger partial charge in [0.05, 0.1) is 12.2 Å². The minimum absolute atomic E-state index is 0.0520. The first kappa shape index (κ1) is 19.2. The number of carbonyl (C=O) groups excluding carboxylic acids is 2. The minimum Gasteiger partial charge on any atom is -0.460 e. The zero-order valence-electron chi connectivity index (χ0n) is 15.2. The first-order valence-corrected chi connectivity index (χ1v) is 8.79. The van der Waals surface area contributed by atoms with Gasteiger partial charge >= 0.3 is 5.97 Å². The van der Waals surface area contributed by atoms with Crippen molar-refractivity contribution in [1.82, 2.24) is 5.32 Å². The van der Waals surface area contributed by atoms with E-state index in [0.717, 1.165) is 17.8 Å². The molecule has 1 aliphatic carbocycles. The van der Waals surface area contributed by atoms with Crippen LogP contribution in [0, 0.1) is 11.6 Å². The lowest BCUT2D eigenvalue weighted by molar-refractivity contribution is -0.140. The van der Waals surface area contributed by atoms with Gasteiger partial charge in [-0.25, -0.2) is 13.6 Å². The molecule has 0 aromatic heterocycles. The van der Waals surface area contributed by atoms with Gasteiger partial charge in [0, 0.05) is 36.4 Å². The number of dihydropyridines is 1. The number of carbonyl (C=O) groups is 2. The Morgan fingerprint density at radius 2 is 2.00 bits per heavy atom. The summed E-state index contributed by atoms with van der Waals surface area (Å²) < 4.78 is 37.5. The van der Waals surface area contributed by atoms with Crippen LogP contribution in [0.15, 0.2) is 40.7 Å². The fourth-order valence-corrected chi connectivity index (χ4v) is 3.57. The summed E-state index contributed by atoms with van der Waals surface area (Å²) >= 11 is 0. The number of esters is 1. The number of methoxy groups -OCH3 is 1. The van der Waals surface area contributed by atoms with E-state index in [0.29, 0.717) is 36.1 Å². The van der Waals surface area contributed by atoms with Gasteiger partial charge < -0.3 is 14.8 Å². The van der Waals surface area contributed by atoms with Gasteiger partial charge in [0.25, 0.3) is 0 Å². The van der Waals surface area contributed by atoms with Crippen LogP contribution in [0.1, 0.15) is 37.7 Å². The molecule has 0 unspecified atom stereocenters. The summed E-state index contributed by atoms with van der Waals surface area (Å²) in [7, 11) is 1.49. The number of halogens is 2. The lowest BCUT2D eigenvalue weighted by Crippen LogP contribution is -2.34. The van der Waals surface area contributed by atoms with Crippen LogP contribution in [0.2, 0.25) is 0 Å². The number of nitrogens with one attached hydrogen (secondary N) is 1. The summed E-state index contributed by atoms with van der Waals surface area (Å²) in [5, 5.41) is 3.13. The summed E-state index contributed by atoms with van der Waals surface area (Å²) in [6.07, 6.45) is 1.71. The number of hydrogen-bond acceptors (Lipinski definition) is 5. The third-order valence-electron chi connectivity index (χ3n) is 4.79. The van der Waals surface area contributed by atoms with Crippen LogP contribution < -0.4 is 5.32 Å². The molecule has 144 valence electrons. The zero-order chi connectivity index (χ0) is 19.6. The largest absolute Gasteiger partial charge is 0.460 e. The average Bonchev–Trinajstić information content (AvgIpc) is 2.63. The van der Waals surface area contributed by atoms with Crippen molar-refractivity contribution >= 4 is 11.8 Å². The quantitative estimate of drug-likeness (QED) is 0.631. The second-order valence-corrected chi connectivity index (χ2v) is 6.57. The predicted molar refractivity (Wildman–Crippen MR) is 93.7 cm³/mol. The van der Waals surface area contributed by atoms with Gasteiger partial charge in [-0.1, -0.05) is 6.07 Å². The van der Waals surface area contributed by atoms with Crippen LogP contribution in [0.5, 0.6) is 0 Å². The fourth-order valence-electron chi connectivity index (χ4n) is 3.57. The van der Waals surface area contributed by atoms with Crippen molar-refractivity contribution in [2.24, 2.45) is 0 Å². The monoisotopic (exact) mass is 377 g/mol. The molecule has 5 nitrogen and oxygen atoms in total.